The van der Waals surface area contributed by atoms with Crippen LogP contribution in [-0.2, 0) is 0 Å². The van der Waals surface area contributed by atoms with Crippen molar-refractivity contribution >= 4 is 40.5 Å². The molecular formula is C33H35ClN6O2. The first kappa shape index (κ1) is 29.1. The summed E-state index contributed by atoms with van der Waals surface area (Å²) in [4.78, 5) is 19.6. The fourth-order valence-electron chi connectivity index (χ4n) is 4.80. The molecular weight excluding hydrogens is 548 g/mol. The highest BCUT2D eigenvalue weighted by Gasteiger charge is 2.12. The molecule has 1 amide bonds. The first-order valence-corrected chi connectivity index (χ1v) is 14.7. The largest absolute Gasteiger partial charge is 0.492 e. The van der Waals surface area contributed by atoms with E-state index < -0.39 is 0 Å². The van der Waals surface area contributed by atoms with Gasteiger partial charge >= 0.3 is 0 Å². The summed E-state index contributed by atoms with van der Waals surface area (Å²) in [5.74, 6) is 1.13. The second kappa shape index (κ2) is 14.0. The predicted molar refractivity (Wildman–Crippen MR) is 170 cm³/mol. The molecule has 0 aliphatic carbocycles. The minimum absolute atomic E-state index is 0.217. The van der Waals surface area contributed by atoms with Crippen LogP contribution in [0.5, 0.6) is 5.75 Å². The number of hydrogen-bond donors (Lipinski definition) is 2. The molecule has 5 aromatic rings. The molecule has 6 rings (SSSR count). The normalized spacial score (nSPS) is 12.9. The Morgan fingerprint density at radius 1 is 0.905 bits per heavy atom. The molecule has 1 saturated heterocycles. The van der Waals surface area contributed by atoms with Crippen LogP contribution in [0.2, 0.25) is 5.02 Å². The van der Waals surface area contributed by atoms with Crippen LogP contribution in [-0.4, -0.2) is 51.6 Å². The zero-order chi connectivity index (χ0) is 29.3. The molecule has 1 aliphatic rings. The van der Waals surface area contributed by atoms with E-state index in [2.05, 4.69) is 20.5 Å². The zero-order valence-corrected chi connectivity index (χ0v) is 24.6. The Morgan fingerprint density at radius 3 is 2.36 bits per heavy atom. The summed E-state index contributed by atoms with van der Waals surface area (Å²) in [6, 6.07) is 28.2. The Labute approximate surface area is 251 Å². The van der Waals surface area contributed by atoms with Gasteiger partial charge in [0.1, 0.15) is 12.4 Å². The van der Waals surface area contributed by atoms with Crippen LogP contribution in [0, 0.1) is 0 Å². The van der Waals surface area contributed by atoms with Gasteiger partial charge in [-0.15, -0.1) is 5.10 Å². The quantitative estimate of drug-likeness (QED) is 0.187. The number of carbonyl (C=O) groups is 1. The molecule has 42 heavy (non-hydrogen) atoms. The number of anilines is 3. The number of carbonyl (C=O) groups excluding carboxylic acids is 1. The number of fused-ring (bicyclic) bond motifs is 1. The average Bonchev–Trinajstić information content (AvgIpc) is 3.69. The molecule has 0 radical (unpaired) electrons. The van der Waals surface area contributed by atoms with Gasteiger partial charge in [-0.3, -0.25) is 9.69 Å². The van der Waals surface area contributed by atoms with E-state index in [1.165, 1.54) is 25.9 Å². The first-order chi connectivity index (χ1) is 20.6. The van der Waals surface area contributed by atoms with Crippen LogP contribution in [0.15, 0.2) is 91.0 Å². The van der Waals surface area contributed by atoms with E-state index in [0.29, 0.717) is 28.8 Å². The Hall–Kier alpha value is -4.40. The van der Waals surface area contributed by atoms with E-state index in [4.69, 9.17) is 21.4 Å². The van der Waals surface area contributed by atoms with Crippen molar-refractivity contribution in [3.63, 3.8) is 0 Å². The molecule has 3 aromatic carbocycles. The van der Waals surface area contributed by atoms with E-state index in [0.717, 1.165) is 34.9 Å². The number of aromatic nitrogens is 3. The van der Waals surface area contributed by atoms with Crippen molar-refractivity contribution in [2.45, 2.75) is 26.7 Å². The highest BCUT2D eigenvalue weighted by atomic mass is 35.5. The van der Waals surface area contributed by atoms with Gasteiger partial charge in [0.25, 0.3) is 5.91 Å². The van der Waals surface area contributed by atoms with Gasteiger partial charge in [0.2, 0.25) is 5.95 Å². The lowest BCUT2D eigenvalue weighted by Crippen LogP contribution is -2.25. The van der Waals surface area contributed by atoms with Crippen molar-refractivity contribution in [1.82, 2.24) is 19.5 Å². The zero-order valence-electron chi connectivity index (χ0n) is 23.9. The van der Waals surface area contributed by atoms with E-state index >= 15 is 0 Å². The second-order valence-electron chi connectivity index (χ2n) is 9.70. The maximum Gasteiger partial charge on any atom is 0.255 e. The molecule has 8 nitrogen and oxygen atoms in total. The van der Waals surface area contributed by atoms with Crippen molar-refractivity contribution in [3.8, 4) is 17.0 Å². The smallest absolute Gasteiger partial charge is 0.255 e. The van der Waals surface area contributed by atoms with Gasteiger partial charge in [0.05, 0.1) is 5.69 Å². The maximum atomic E-state index is 12.6. The number of halogens is 1. The maximum absolute atomic E-state index is 12.6. The summed E-state index contributed by atoms with van der Waals surface area (Å²) >= 11 is 6.01. The minimum atomic E-state index is -0.217. The first-order valence-electron chi connectivity index (χ1n) is 14.4. The number of rotatable bonds is 9. The minimum Gasteiger partial charge on any atom is -0.492 e. The summed E-state index contributed by atoms with van der Waals surface area (Å²) in [5, 5.41) is 11.4. The van der Waals surface area contributed by atoms with Gasteiger partial charge in [-0.1, -0.05) is 49.7 Å². The average molecular weight is 583 g/mol. The summed E-state index contributed by atoms with van der Waals surface area (Å²) < 4.78 is 7.71. The Morgan fingerprint density at radius 2 is 1.62 bits per heavy atom. The molecule has 0 bridgehead atoms. The van der Waals surface area contributed by atoms with Gasteiger partial charge in [-0.2, -0.15) is 4.98 Å². The second-order valence-corrected chi connectivity index (χ2v) is 10.1. The third-order valence-corrected chi connectivity index (χ3v) is 7.11. The third kappa shape index (κ3) is 7.26. The topological polar surface area (TPSA) is 83.8 Å². The van der Waals surface area contributed by atoms with E-state index in [1.807, 2.05) is 80.6 Å². The molecule has 1 fully saturated rings. The van der Waals surface area contributed by atoms with Crippen molar-refractivity contribution in [2.24, 2.45) is 0 Å². The Kier molecular flexibility index (Phi) is 9.69. The van der Waals surface area contributed by atoms with Gasteiger partial charge in [-0.05, 0) is 92.7 Å². The van der Waals surface area contributed by atoms with Crippen molar-refractivity contribution < 1.29 is 9.53 Å². The fraction of sp³-hybridized carbons (Fsp3) is 0.242. The van der Waals surface area contributed by atoms with Gasteiger partial charge in [-0.25, -0.2) is 4.52 Å². The molecule has 0 saturated carbocycles. The lowest BCUT2D eigenvalue weighted by molar-refractivity contribution is 0.102. The highest BCUT2D eigenvalue weighted by molar-refractivity contribution is 6.31. The van der Waals surface area contributed by atoms with Crippen LogP contribution < -0.4 is 15.4 Å². The highest BCUT2D eigenvalue weighted by Crippen LogP contribution is 2.25. The molecule has 9 heteroatoms. The third-order valence-electron chi connectivity index (χ3n) is 6.87. The standard InChI is InChI=1S/C31H29ClN6O2.C2H6/c32-24-6-3-5-23(21-24)30(39)33-25-11-9-22(10-12-25)28-7-4-8-29-35-31(36-38(28)29)34-26-13-15-27(16-14-26)40-20-19-37-17-1-2-18-37;1-2/h3-16,21H,1-2,17-20H2,(H,33,39)(H,34,36);1-2H3. The van der Waals surface area contributed by atoms with Crippen LogP contribution in [0.25, 0.3) is 16.9 Å². The van der Waals surface area contributed by atoms with Crippen LogP contribution in [0.1, 0.15) is 37.0 Å². The number of amides is 1. The molecule has 1 aliphatic heterocycles. The van der Waals surface area contributed by atoms with Gasteiger partial charge in [0.15, 0.2) is 5.65 Å². The molecule has 216 valence electrons. The van der Waals surface area contributed by atoms with E-state index in [1.54, 1.807) is 28.8 Å². The predicted octanol–water partition coefficient (Wildman–Crippen LogP) is 7.55. The van der Waals surface area contributed by atoms with Gasteiger partial charge < -0.3 is 15.4 Å². The number of nitrogens with one attached hydrogen (secondary N) is 2. The number of ether oxygens (including phenoxy) is 1. The van der Waals surface area contributed by atoms with Crippen molar-refractivity contribution in [1.29, 1.82) is 0 Å². The number of pyridine rings is 1. The fourth-order valence-corrected chi connectivity index (χ4v) is 4.99. The van der Waals surface area contributed by atoms with Gasteiger partial charge in [0, 0.05) is 34.1 Å². The van der Waals surface area contributed by atoms with Crippen molar-refractivity contribution in [3.05, 3.63) is 102 Å². The Bertz CT molecular complexity index is 1610. The lowest BCUT2D eigenvalue weighted by Gasteiger charge is -2.15. The van der Waals surface area contributed by atoms with E-state index in [9.17, 15) is 4.79 Å². The number of likely N-dealkylation sites (tertiary alicyclic amines) is 1. The van der Waals surface area contributed by atoms with Crippen LogP contribution in [0.4, 0.5) is 17.3 Å². The summed E-state index contributed by atoms with van der Waals surface area (Å²) in [5.41, 5.74) is 4.61. The molecule has 0 spiro atoms. The SMILES string of the molecule is CC.O=C(Nc1ccc(-c2cccc3nc(Nc4ccc(OCCN5CCCC5)cc4)nn23)cc1)c1cccc(Cl)c1. The molecule has 3 heterocycles. The molecule has 0 unspecified atom stereocenters. The summed E-state index contributed by atoms with van der Waals surface area (Å²) in [6.45, 7) is 8.01. The summed E-state index contributed by atoms with van der Waals surface area (Å²) in [7, 11) is 0. The number of nitrogens with zero attached hydrogens (tertiary/aromatic N) is 4. The lowest BCUT2D eigenvalue weighted by atomic mass is 10.1. The molecule has 2 N–H and O–H groups in total. The van der Waals surface area contributed by atoms with Crippen LogP contribution in [0.3, 0.4) is 0 Å². The number of hydrogen-bond acceptors (Lipinski definition) is 6. The van der Waals surface area contributed by atoms with E-state index in [-0.39, 0.29) is 5.91 Å². The molecule has 2 aromatic heterocycles. The Balaban J connectivity index is 0.00000173. The monoisotopic (exact) mass is 582 g/mol. The molecule has 0 atom stereocenters. The van der Waals surface area contributed by atoms with Crippen molar-refractivity contribution in [2.75, 3.05) is 36.9 Å². The number of benzene rings is 3. The van der Waals surface area contributed by atoms with Crippen LogP contribution >= 0.6 is 11.6 Å². The summed E-state index contributed by atoms with van der Waals surface area (Å²) in [6.07, 6.45) is 2.58.